The molecule has 2 aliphatic heterocycles. The number of ether oxygens (including phenoxy) is 3. The Bertz CT molecular complexity index is 2300. The SMILES string of the molecule is CCCCC(=O)CCCCOC(COCCOCCCNC(=O)c1ccc(-c2csc(-n3[nH]c(-c4ccccc4)c(N=Nc4nccs4)c3=O)n2)cc1)[C@H]1SCC2NC(=O)N[C@@H]21. The normalized spacial score (nSPS) is 17.6. The third kappa shape index (κ3) is 12.1. The van der Waals surface area contributed by atoms with Crippen molar-refractivity contribution in [3.8, 4) is 27.6 Å². The van der Waals surface area contributed by atoms with Gasteiger partial charge in [0.05, 0.1) is 54.6 Å². The minimum atomic E-state index is -0.391. The number of carbonyl (C=O) groups excluding carboxylic acids is 3. The van der Waals surface area contributed by atoms with Crippen molar-refractivity contribution in [2.24, 2.45) is 10.2 Å². The summed E-state index contributed by atoms with van der Waals surface area (Å²) in [6.45, 7) is 4.68. The predicted molar refractivity (Wildman–Crippen MR) is 241 cm³/mol. The standard InChI is InChI=1S/C43H51N9O7S3/c1-2-3-12-31(53)13-7-8-21-59-34(38-36-33(27-61-38)46-41(56)48-36)25-58-23-22-57-20-9-18-44-39(54)30-16-14-28(15-17-30)32-26-62-43(47-32)52-40(55)37(49-50-42-45-19-24-60-42)35(51-52)29-10-5-4-6-11-29/h4-6,10-11,14-17,19,24,26,33-34,36,38,51H,2-3,7-9,12-13,18,20-23,25,27H2,1H3,(H,44,54)(H2,46,48,56)/t33?,34?,36-,38+/m0/s1. The van der Waals surface area contributed by atoms with E-state index in [0.29, 0.717) is 91.8 Å². The van der Waals surface area contributed by atoms with Crippen LogP contribution in [0.25, 0.3) is 27.6 Å². The van der Waals surface area contributed by atoms with Crippen LogP contribution in [0.2, 0.25) is 0 Å². The number of rotatable bonds is 25. The highest BCUT2D eigenvalue weighted by Gasteiger charge is 2.46. The molecule has 0 radical (unpaired) electrons. The average Bonchev–Trinajstić information content (AvgIpc) is 4.15. The van der Waals surface area contributed by atoms with Gasteiger partial charge in [-0.05, 0) is 37.8 Å². The van der Waals surface area contributed by atoms with Crippen LogP contribution >= 0.6 is 34.4 Å². The molecule has 2 fully saturated rings. The van der Waals surface area contributed by atoms with Crippen LogP contribution in [0.4, 0.5) is 15.6 Å². The van der Waals surface area contributed by atoms with Crippen LogP contribution in [0.1, 0.15) is 62.2 Å². The van der Waals surface area contributed by atoms with E-state index in [1.807, 2.05) is 47.8 Å². The number of urea groups is 1. The summed E-state index contributed by atoms with van der Waals surface area (Å²) in [7, 11) is 0. The van der Waals surface area contributed by atoms with Crippen molar-refractivity contribution in [1.82, 2.24) is 35.7 Å². The lowest BCUT2D eigenvalue weighted by molar-refractivity contribution is -0.119. The van der Waals surface area contributed by atoms with Crippen LogP contribution in [0.5, 0.6) is 0 Å². The lowest BCUT2D eigenvalue weighted by atomic mass is 10.0. The summed E-state index contributed by atoms with van der Waals surface area (Å²) >= 11 is 4.40. The van der Waals surface area contributed by atoms with E-state index >= 15 is 0 Å². The highest BCUT2D eigenvalue weighted by molar-refractivity contribution is 8.00. The van der Waals surface area contributed by atoms with E-state index in [2.05, 4.69) is 43.2 Å². The number of carbonyl (C=O) groups is 3. The van der Waals surface area contributed by atoms with Gasteiger partial charge < -0.3 is 30.2 Å². The molecule has 0 spiro atoms. The maximum absolute atomic E-state index is 13.6. The first-order valence-electron chi connectivity index (χ1n) is 20.9. The molecule has 0 bridgehead atoms. The zero-order chi connectivity index (χ0) is 43.1. The number of ketones is 1. The second-order valence-corrected chi connectivity index (χ2v) is 17.7. The third-order valence-corrected chi connectivity index (χ3v) is 13.4. The molecule has 2 saturated heterocycles. The van der Waals surface area contributed by atoms with E-state index in [0.717, 1.165) is 42.6 Å². The number of hydrogen-bond donors (Lipinski definition) is 4. The number of thioether (sulfide) groups is 1. The number of hydrogen-bond acceptors (Lipinski definition) is 14. The minimum absolute atomic E-state index is 0.0144. The van der Waals surface area contributed by atoms with E-state index in [9.17, 15) is 19.2 Å². The van der Waals surface area contributed by atoms with Crippen LogP contribution in [0.15, 0.2) is 86.6 Å². The molecule has 328 valence electrons. The Kier molecular flexibility index (Phi) is 16.6. The van der Waals surface area contributed by atoms with E-state index < -0.39 is 5.56 Å². The molecule has 7 rings (SSSR count). The van der Waals surface area contributed by atoms with Gasteiger partial charge in [-0.3, -0.25) is 19.5 Å². The minimum Gasteiger partial charge on any atom is -0.379 e. The van der Waals surface area contributed by atoms with Gasteiger partial charge in [-0.25, -0.2) is 14.8 Å². The first-order valence-corrected chi connectivity index (χ1v) is 23.7. The summed E-state index contributed by atoms with van der Waals surface area (Å²) < 4.78 is 19.4. The molecule has 3 aromatic heterocycles. The van der Waals surface area contributed by atoms with Crippen LogP contribution in [0.3, 0.4) is 0 Å². The summed E-state index contributed by atoms with van der Waals surface area (Å²) in [5.74, 6) is 0.938. The molecule has 4 N–H and O–H groups in total. The second-order valence-electron chi connectivity index (χ2n) is 14.8. The number of nitrogens with one attached hydrogen (secondary N) is 4. The third-order valence-electron chi connectivity index (χ3n) is 10.3. The van der Waals surface area contributed by atoms with Gasteiger partial charge in [-0.15, -0.1) is 32.9 Å². The molecule has 16 nitrogen and oxygen atoms in total. The maximum Gasteiger partial charge on any atom is 0.315 e. The number of aromatic amines is 1. The second kappa shape index (κ2) is 22.9. The number of thiazole rings is 2. The first-order chi connectivity index (χ1) is 30.4. The van der Waals surface area contributed by atoms with Gasteiger partial charge in [0.1, 0.15) is 5.78 Å². The number of aromatic nitrogens is 4. The van der Waals surface area contributed by atoms with E-state index in [-0.39, 0.29) is 41.1 Å². The molecule has 2 aromatic carbocycles. The smallest absolute Gasteiger partial charge is 0.315 e. The number of Topliss-reactive ketones (excluding diaryl/α,β-unsaturated/α-hetero) is 1. The quantitative estimate of drug-likeness (QED) is 0.0259. The fourth-order valence-corrected chi connectivity index (χ4v) is 9.87. The molecule has 3 amide bonds. The number of amides is 3. The Balaban J connectivity index is 0.827. The fourth-order valence-electron chi connectivity index (χ4n) is 7.07. The summed E-state index contributed by atoms with van der Waals surface area (Å²) in [5.41, 5.74) is 3.02. The van der Waals surface area contributed by atoms with Gasteiger partial charge in [0, 0.05) is 72.0 Å². The number of benzene rings is 2. The van der Waals surface area contributed by atoms with Crippen LogP contribution < -0.4 is 21.5 Å². The van der Waals surface area contributed by atoms with Gasteiger partial charge in [0.15, 0.2) is 5.69 Å². The number of fused-ring (bicyclic) bond motifs is 1. The summed E-state index contributed by atoms with van der Waals surface area (Å²) in [4.78, 5) is 59.4. The van der Waals surface area contributed by atoms with E-state index in [1.54, 1.807) is 35.5 Å². The monoisotopic (exact) mass is 901 g/mol. The fraction of sp³-hybridized carbons (Fsp3) is 0.442. The highest BCUT2D eigenvalue weighted by Crippen LogP contribution is 2.34. The lowest BCUT2D eigenvalue weighted by Crippen LogP contribution is -2.45. The predicted octanol–water partition coefficient (Wildman–Crippen LogP) is 7.46. The zero-order valence-electron chi connectivity index (χ0n) is 34.5. The van der Waals surface area contributed by atoms with Crippen molar-refractivity contribution in [2.75, 3.05) is 45.3 Å². The van der Waals surface area contributed by atoms with Gasteiger partial charge >= 0.3 is 11.6 Å². The number of azo groups is 1. The summed E-state index contributed by atoms with van der Waals surface area (Å²) in [6.07, 6.45) is 6.85. The maximum atomic E-state index is 13.6. The van der Waals surface area contributed by atoms with E-state index in [4.69, 9.17) is 19.2 Å². The Morgan fingerprint density at radius 3 is 2.55 bits per heavy atom. The van der Waals surface area contributed by atoms with Crippen LogP contribution in [-0.2, 0) is 19.0 Å². The van der Waals surface area contributed by atoms with Crippen molar-refractivity contribution in [2.45, 2.75) is 75.3 Å². The Labute approximate surface area is 371 Å². The molecule has 2 unspecified atom stereocenters. The molecule has 5 aromatic rings. The Morgan fingerprint density at radius 1 is 0.919 bits per heavy atom. The molecular weight excluding hydrogens is 851 g/mol. The molecular formula is C43H51N9O7S3. The van der Waals surface area contributed by atoms with Crippen molar-refractivity contribution in [3.63, 3.8) is 0 Å². The average molecular weight is 902 g/mol. The van der Waals surface area contributed by atoms with Crippen molar-refractivity contribution in [1.29, 1.82) is 0 Å². The van der Waals surface area contributed by atoms with Crippen molar-refractivity contribution < 1.29 is 28.6 Å². The molecule has 62 heavy (non-hydrogen) atoms. The molecule has 0 saturated carbocycles. The van der Waals surface area contributed by atoms with Gasteiger partial charge in [0.25, 0.3) is 5.91 Å². The topological polar surface area (TPSA) is 203 Å². The van der Waals surface area contributed by atoms with Crippen LogP contribution in [0, 0.1) is 0 Å². The van der Waals surface area contributed by atoms with Gasteiger partial charge in [0.2, 0.25) is 10.3 Å². The molecule has 4 atom stereocenters. The highest BCUT2D eigenvalue weighted by atomic mass is 32.2. The Morgan fingerprint density at radius 2 is 1.74 bits per heavy atom. The van der Waals surface area contributed by atoms with Gasteiger partial charge in [-0.2, -0.15) is 16.4 Å². The van der Waals surface area contributed by atoms with Crippen LogP contribution in [-0.4, -0.2) is 106 Å². The first kappa shape index (κ1) is 45.0. The van der Waals surface area contributed by atoms with Crippen molar-refractivity contribution in [3.05, 3.63) is 87.5 Å². The largest absolute Gasteiger partial charge is 0.379 e. The van der Waals surface area contributed by atoms with E-state index in [1.165, 1.54) is 27.4 Å². The molecule has 0 aliphatic carbocycles. The summed E-state index contributed by atoms with van der Waals surface area (Å²) in [5, 5.41) is 25.1. The molecule has 19 heteroatoms. The molecule has 2 aliphatic rings. The number of nitrogens with zero attached hydrogens (tertiary/aromatic N) is 5. The summed E-state index contributed by atoms with van der Waals surface area (Å²) in [6, 6.07) is 16.5. The Hall–Kier alpha value is -5.05. The molecule has 5 heterocycles. The lowest BCUT2D eigenvalue weighted by Gasteiger charge is -2.27. The van der Waals surface area contributed by atoms with Gasteiger partial charge in [-0.1, -0.05) is 55.8 Å². The van der Waals surface area contributed by atoms with Crippen molar-refractivity contribution >= 4 is 63.0 Å². The zero-order valence-corrected chi connectivity index (χ0v) is 36.9. The number of H-pyrrole nitrogens is 1. The number of unbranched alkanes of at least 4 members (excludes halogenated alkanes) is 2.